The van der Waals surface area contributed by atoms with E-state index >= 15 is 0 Å². The fourth-order valence-corrected chi connectivity index (χ4v) is 4.41. The van der Waals surface area contributed by atoms with Crippen LogP contribution in [0.15, 0.2) is 30.3 Å². The maximum Gasteiger partial charge on any atom is 0.328 e. The second kappa shape index (κ2) is 15.8. The van der Waals surface area contributed by atoms with Crippen LogP contribution in [0, 0.1) is 5.92 Å². The quantitative estimate of drug-likeness (QED) is 0.117. The molecular formula is C28H41N5O9. The monoisotopic (exact) mass is 591 g/mol. The molecule has 0 bridgehead atoms. The molecule has 1 aromatic carbocycles. The Hall–Kier alpha value is -4.04. The largest absolute Gasteiger partial charge is 0.480 e. The van der Waals surface area contributed by atoms with E-state index in [1.54, 1.807) is 30.3 Å². The van der Waals surface area contributed by atoms with Crippen molar-refractivity contribution in [3.63, 3.8) is 0 Å². The van der Waals surface area contributed by atoms with Gasteiger partial charge < -0.3 is 41.9 Å². The number of hydrogen-bond acceptors (Lipinski definition) is 8. The van der Waals surface area contributed by atoms with Crippen LogP contribution in [0.3, 0.4) is 0 Å². The third kappa shape index (κ3) is 10.4. The van der Waals surface area contributed by atoms with Crippen LogP contribution < -0.4 is 26.6 Å². The molecular weight excluding hydrogens is 550 g/mol. The smallest absolute Gasteiger partial charge is 0.328 e. The van der Waals surface area contributed by atoms with Crippen LogP contribution in [0.1, 0.15) is 52.5 Å². The van der Waals surface area contributed by atoms with E-state index in [4.69, 9.17) is 0 Å². The van der Waals surface area contributed by atoms with Gasteiger partial charge in [0.15, 0.2) is 6.04 Å². The number of benzene rings is 1. The Morgan fingerprint density at radius 3 is 1.90 bits per heavy atom. The highest BCUT2D eigenvalue weighted by Gasteiger charge is 2.35. The van der Waals surface area contributed by atoms with Crippen molar-refractivity contribution < 1.29 is 44.1 Å². The number of aliphatic hydroxyl groups is 2. The van der Waals surface area contributed by atoms with Crippen molar-refractivity contribution in [3.8, 4) is 0 Å². The maximum absolute atomic E-state index is 13.3. The van der Waals surface area contributed by atoms with Gasteiger partial charge in [-0.1, -0.05) is 44.2 Å². The molecule has 14 nitrogen and oxygen atoms in total. The molecule has 2 rings (SSSR count). The number of rotatable bonds is 15. The van der Waals surface area contributed by atoms with Crippen molar-refractivity contribution in [1.29, 1.82) is 0 Å². The first-order valence-electron chi connectivity index (χ1n) is 13.8. The lowest BCUT2D eigenvalue weighted by molar-refractivity contribution is -0.145. The van der Waals surface area contributed by atoms with Gasteiger partial charge in [-0.3, -0.25) is 24.0 Å². The number of hydrogen-bond donors (Lipinski definition) is 8. The zero-order valence-electron chi connectivity index (χ0n) is 24.1. The van der Waals surface area contributed by atoms with Crippen molar-refractivity contribution in [3.05, 3.63) is 35.9 Å². The van der Waals surface area contributed by atoms with Gasteiger partial charge in [0, 0.05) is 12.8 Å². The summed E-state index contributed by atoms with van der Waals surface area (Å²) in [7, 11) is 0. The summed E-state index contributed by atoms with van der Waals surface area (Å²) in [5.41, 5.74) is 0.623. The van der Waals surface area contributed by atoms with Gasteiger partial charge in [0.1, 0.15) is 24.2 Å². The second-order valence-corrected chi connectivity index (χ2v) is 10.9. The first-order valence-corrected chi connectivity index (χ1v) is 13.8. The molecule has 5 amide bonds. The van der Waals surface area contributed by atoms with Gasteiger partial charge in [0.25, 0.3) is 0 Å². The molecule has 14 heteroatoms. The van der Waals surface area contributed by atoms with E-state index in [9.17, 15) is 44.1 Å². The van der Waals surface area contributed by atoms with Gasteiger partial charge in [-0.2, -0.15) is 0 Å². The lowest BCUT2D eigenvalue weighted by Gasteiger charge is -2.28. The van der Waals surface area contributed by atoms with Crippen molar-refractivity contribution >= 4 is 35.5 Å². The molecule has 1 aliphatic heterocycles. The fraction of sp³-hybridized carbons (Fsp3) is 0.571. The van der Waals surface area contributed by atoms with Crippen LogP contribution >= 0.6 is 0 Å². The Morgan fingerprint density at radius 2 is 1.40 bits per heavy atom. The number of carboxylic acids is 1. The topological polar surface area (TPSA) is 223 Å². The van der Waals surface area contributed by atoms with Crippen molar-refractivity contribution in [2.45, 2.75) is 95.8 Å². The Balaban J connectivity index is 2.22. The Morgan fingerprint density at radius 1 is 0.833 bits per heavy atom. The molecule has 0 spiro atoms. The third-order valence-electron chi connectivity index (χ3n) is 6.68. The molecule has 1 saturated heterocycles. The van der Waals surface area contributed by atoms with Crippen LogP contribution in [0.4, 0.5) is 0 Å². The first kappa shape index (κ1) is 34.2. The Bertz CT molecular complexity index is 1130. The molecule has 8 N–H and O–H groups in total. The van der Waals surface area contributed by atoms with Gasteiger partial charge in [0.05, 0.1) is 12.2 Å². The number of carbonyl (C=O) groups is 6. The summed E-state index contributed by atoms with van der Waals surface area (Å²) in [5.74, 6) is -4.95. The molecule has 0 aliphatic carbocycles. The molecule has 1 aromatic rings. The molecule has 1 aliphatic rings. The third-order valence-corrected chi connectivity index (χ3v) is 6.68. The number of carbonyl (C=O) groups excluding carboxylic acids is 5. The molecule has 1 fully saturated rings. The van der Waals surface area contributed by atoms with E-state index in [0.29, 0.717) is 5.56 Å². The normalized spacial score (nSPS) is 18.9. The predicted octanol–water partition coefficient (Wildman–Crippen LogP) is -1.66. The molecule has 0 unspecified atom stereocenters. The summed E-state index contributed by atoms with van der Waals surface area (Å²) in [4.78, 5) is 75.4. The van der Waals surface area contributed by atoms with E-state index in [1.165, 1.54) is 13.8 Å². The predicted molar refractivity (Wildman–Crippen MR) is 149 cm³/mol. The molecule has 0 radical (unpaired) electrons. The number of nitrogens with one attached hydrogen (secondary N) is 5. The Labute approximate surface area is 244 Å². The zero-order chi connectivity index (χ0) is 31.6. The number of aliphatic hydroxyl groups excluding tert-OH is 2. The molecule has 0 aromatic heterocycles. The number of carboxylic acid groups (broad SMARTS) is 1. The van der Waals surface area contributed by atoms with E-state index < -0.39 is 72.0 Å². The van der Waals surface area contributed by atoms with Crippen LogP contribution in [0.25, 0.3) is 0 Å². The molecule has 232 valence electrons. The van der Waals surface area contributed by atoms with Crippen LogP contribution in [-0.2, 0) is 35.2 Å². The maximum atomic E-state index is 13.3. The number of amides is 5. The van der Waals surface area contributed by atoms with Crippen molar-refractivity contribution in [1.82, 2.24) is 26.6 Å². The summed E-state index contributed by atoms with van der Waals surface area (Å²) in [6.45, 7) is 6.10. The fourth-order valence-electron chi connectivity index (χ4n) is 4.41. The summed E-state index contributed by atoms with van der Waals surface area (Å²) in [6, 6.07) is 2.14. The zero-order valence-corrected chi connectivity index (χ0v) is 24.1. The minimum Gasteiger partial charge on any atom is -0.480 e. The summed E-state index contributed by atoms with van der Waals surface area (Å²) in [5, 5.41) is 41.8. The molecule has 7 atom stereocenters. The van der Waals surface area contributed by atoms with Crippen molar-refractivity contribution in [2.24, 2.45) is 5.92 Å². The highest BCUT2D eigenvalue weighted by molar-refractivity contribution is 5.97. The van der Waals surface area contributed by atoms with Crippen LogP contribution in [0.5, 0.6) is 0 Å². The summed E-state index contributed by atoms with van der Waals surface area (Å²) in [6.07, 6.45) is -2.27. The highest BCUT2D eigenvalue weighted by Crippen LogP contribution is 2.11. The Kier molecular flexibility index (Phi) is 12.9. The summed E-state index contributed by atoms with van der Waals surface area (Å²) >= 11 is 0. The highest BCUT2D eigenvalue weighted by atomic mass is 16.4. The standard InChI is InChI=1S/C28H41N5O9/c1-14(2)12-19(30-24(37)18-10-11-21(36)29-18)25(38)32-22(15(3)34)27(40)31-20(13-17-8-6-5-7-9-17)26(39)33-23(16(4)35)28(41)42/h5-9,14-16,18-20,22-23,34-35H,10-13H2,1-4H3,(H,29,36)(H,30,37)(H,31,40)(H,32,38)(H,33,39)(H,41,42)/t15-,16-,18+,19+,20+,22+,23+/m1/s1. The second-order valence-electron chi connectivity index (χ2n) is 10.9. The number of aliphatic carboxylic acids is 1. The van der Waals surface area contributed by atoms with Gasteiger partial charge in [-0.05, 0) is 38.2 Å². The van der Waals surface area contributed by atoms with E-state index in [-0.39, 0.29) is 37.5 Å². The van der Waals surface area contributed by atoms with Gasteiger partial charge in [0.2, 0.25) is 29.5 Å². The van der Waals surface area contributed by atoms with E-state index in [0.717, 1.165) is 0 Å². The summed E-state index contributed by atoms with van der Waals surface area (Å²) < 4.78 is 0. The van der Waals surface area contributed by atoms with E-state index in [2.05, 4.69) is 26.6 Å². The first-order chi connectivity index (χ1) is 19.7. The van der Waals surface area contributed by atoms with Gasteiger partial charge in [-0.15, -0.1) is 0 Å². The minimum atomic E-state index is -1.65. The van der Waals surface area contributed by atoms with Crippen molar-refractivity contribution in [2.75, 3.05) is 0 Å². The lowest BCUT2D eigenvalue weighted by atomic mass is 10.0. The molecule has 1 heterocycles. The van der Waals surface area contributed by atoms with Crippen LogP contribution in [0.2, 0.25) is 0 Å². The molecule has 42 heavy (non-hydrogen) atoms. The average Bonchev–Trinajstić information content (AvgIpc) is 3.35. The van der Waals surface area contributed by atoms with E-state index in [1.807, 2.05) is 13.8 Å². The molecule has 0 saturated carbocycles. The van der Waals surface area contributed by atoms with Gasteiger partial charge >= 0.3 is 5.97 Å². The van der Waals surface area contributed by atoms with Crippen LogP contribution in [-0.4, -0.2) is 93.2 Å². The SMILES string of the molecule is CC(C)C[C@H](NC(=O)[C@@H]1CCC(=O)N1)C(=O)N[C@H](C(=O)N[C@@H](Cc1ccccc1)C(=O)N[C@H](C(=O)O)[C@@H](C)O)[C@@H](C)O. The lowest BCUT2D eigenvalue weighted by Crippen LogP contribution is -2.61. The average molecular weight is 592 g/mol. The van der Waals surface area contributed by atoms with Gasteiger partial charge in [-0.25, -0.2) is 4.79 Å². The minimum absolute atomic E-state index is 0.0481.